The lowest BCUT2D eigenvalue weighted by molar-refractivity contribution is -0.107. The molecule has 0 aromatic heterocycles. The summed E-state index contributed by atoms with van der Waals surface area (Å²) in [5, 5.41) is 0. The summed E-state index contributed by atoms with van der Waals surface area (Å²) in [4.78, 5) is 5.20. The third-order valence-corrected chi connectivity index (χ3v) is 0.590. The summed E-state index contributed by atoms with van der Waals surface area (Å²) < 4.78 is 1.54. The molecule has 0 radical (unpaired) electrons. The van der Waals surface area contributed by atoms with E-state index in [1.165, 1.54) is 0 Å². The molecular formula is C4H13NOP2. The molecule has 2 nitrogen and oxygen atoms in total. The van der Waals surface area contributed by atoms with Gasteiger partial charge in [-0.25, -0.2) is 0 Å². The summed E-state index contributed by atoms with van der Waals surface area (Å²) in [5.74, 6) is 0. The van der Waals surface area contributed by atoms with Gasteiger partial charge in [-0.2, -0.15) is 4.60 Å². The lowest BCUT2D eigenvalue weighted by atomic mass is 10.2. The normalized spacial score (nSPS) is 12.8. The molecule has 50 valence electrons. The van der Waals surface area contributed by atoms with E-state index in [1.54, 1.807) is 4.60 Å². The van der Waals surface area contributed by atoms with E-state index in [4.69, 9.17) is 4.84 Å². The van der Waals surface area contributed by atoms with E-state index < -0.39 is 0 Å². The Morgan fingerprint density at radius 2 is 1.62 bits per heavy atom. The van der Waals surface area contributed by atoms with Crippen LogP contribution in [0.1, 0.15) is 20.8 Å². The van der Waals surface area contributed by atoms with Crippen LogP contribution in [-0.2, 0) is 4.84 Å². The molecule has 0 saturated carbocycles. The van der Waals surface area contributed by atoms with Crippen LogP contribution in [0, 0.1) is 0 Å². The number of rotatable bonds is 1. The molecular weight excluding hydrogens is 140 g/mol. The molecule has 0 fully saturated rings. The highest BCUT2D eigenvalue weighted by molar-refractivity contribution is 7.30. The second-order valence-corrected chi connectivity index (χ2v) is 4.18. The molecule has 0 N–H and O–H groups in total. The Balaban J connectivity index is 3.39. The fourth-order valence-electron chi connectivity index (χ4n) is 0.316. The monoisotopic (exact) mass is 153 g/mol. The maximum absolute atomic E-state index is 5.20. The van der Waals surface area contributed by atoms with Gasteiger partial charge in [-0.3, -0.25) is 4.84 Å². The van der Waals surface area contributed by atoms with E-state index in [1.807, 2.05) is 20.8 Å². The maximum atomic E-state index is 5.20. The van der Waals surface area contributed by atoms with E-state index in [-0.39, 0.29) is 5.60 Å². The van der Waals surface area contributed by atoms with E-state index >= 15 is 0 Å². The summed E-state index contributed by atoms with van der Waals surface area (Å²) in [6.45, 7) is 5.98. The van der Waals surface area contributed by atoms with Crippen LogP contribution in [0.25, 0.3) is 0 Å². The summed E-state index contributed by atoms with van der Waals surface area (Å²) in [5.41, 5.74) is -0.0937. The number of hydrogen-bond donors (Lipinski definition) is 0. The molecule has 2 unspecified atom stereocenters. The van der Waals surface area contributed by atoms with Crippen LogP contribution in [0.3, 0.4) is 0 Å². The quantitative estimate of drug-likeness (QED) is 0.419. The molecule has 0 saturated heterocycles. The van der Waals surface area contributed by atoms with Gasteiger partial charge < -0.3 is 0 Å². The van der Waals surface area contributed by atoms with Gasteiger partial charge in [-0.15, -0.1) is 0 Å². The Morgan fingerprint density at radius 1 is 1.25 bits per heavy atom. The second kappa shape index (κ2) is 3.08. The van der Waals surface area contributed by atoms with Gasteiger partial charge >= 0.3 is 0 Å². The zero-order valence-electron chi connectivity index (χ0n) is 5.51. The Bertz CT molecular complexity index is 68.9. The Labute approximate surface area is 55.4 Å². The fourth-order valence-corrected chi connectivity index (χ4v) is 0.949. The van der Waals surface area contributed by atoms with Crippen molar-refractivity contribution < 1.29 is 4.84 Å². The van der Waals surface area contributed by atoms with Gasteiger partial charge in [-0.1, -0.05) is 0 Å². The standard InChI is InChI=1S/C4H13NOP2/c1-4(2,3)6-5(7)8/h7-8H2,1-3H3. The van der Waals surface area contributed by atoms with Crippen molar-refractivity contribution >= 4 is 18.8 Å². The highest BCUT2D eigenvalue weighted by atomic mass is 31.1. The smallest absolute Gasteiger partial charge is 0.0823 e. The molecule has 0 aliphatic heterocycles. The molecule has 2 atom stereocenters. The predicted octanol–water partition coefficient (Wildman–Crippen LogP) is 1.60. The Kier molecular flexibility index (Phi) is 3.38. The van der Waals surface area contributed by atoms with Crippen molar-refractivity contribution in [3.63, 3.8) is 0 Å². The third kappa shape index (κ3) is 6.78. The molecule has 4 heteroatoms. The summed E-state index contributed by atoms with van der Waals surface area (Å²) in [7, 11) is 4.79. The first-order valence-corrected chi connectivity index (χ1v) is 3.44. The van der Waals surface area contributed by atoms with Crippen molar-refractivity contribution in [1.29, 1.82) is 0 Å². The summed E-state index contributed by atoms with van der Waals surface area (Å²) in [6, 6.07) is 0. The van der Waals surface area contributed by atoms with Crippen LogP contribution in [0.15, 0.2) is 0 Å². The van der Waals surface area contributed by atoms with Crippen LogP contribution in [-0.4, -0.2) is 10.2 Å². The van der Waals surface area contributed by atoms with Crippen molar-refractivity contribution in [2.24, 2.45) is 0 Å². The molecule has 0 amide bonds. The number of hydrogen-bond acceptors (Lipinski definition) is 2. The topological polar surface area (TPSA) is 12.5 Å². The average Bonchev–Trinajstić information content (AvgIpc) is 1.21. The molecule has 0 spiro atoms. The van der Waals surface area contributed by atoms with Gasteiger partial charge in [0.15, 0.2) is 0 Å². The van der Waals surface area contributed by atoms with Gasteiger partial charge in [-0.05, 0) is 39.6 Å². The minimum Gasteiger partial charge on any atom is -0.287 e. The Morgan fingerprint density at radius 3 is 1.62 bits per heavy atom. The lowest BCUT2D eigenvalue weighted by Crippen LogP contribution is -2.22. The van der Waals surface area contributed by atoms with Crippen LogP contribution in [0.4, 0.5) is 0 Å². The second-order valence-electron chi connectivity index (χ2n) is 2.56. The molecule has 0 aromatic rings. The molecule has 0 aliphatic rings. The highest BCUT2D eigenvalue weighted by Gasteiger charge is 2.10. The van der Waals surface area contributed by atoms with Crippen molar-refractivity contribution in [3.05, 3.63) is 0 Å². The number of nitrogens with zero attached hydrogens (tertiary/aromatic N) is 1. The zero-order valence-corrected chi connectivity index (χ0v) is 7.82. The van der Waals surface area contributed by atoms with Crippen molar-refractivity contribution in [1.82, 2.24) is 4.60 Å². The van der Waals surface area contributed by atoms with Gasteiger partial charge in [0.2, 0.25) is 0 Å². The fraction of sp³-hybridized carbons (Fsp3) is 1.00. The van der Waals surface area contributed by atoms with Crippen LogP contribution < -0.4 is 0 Å². The van der Waals surface area contributed by atoms with Gasteiger partial charge in [0.05, 0.1) is 5.60 Å². The Hall–Kier alpha value is 0.780. The van der Waals surface area contributed by atoms with E-state index in [0.717, 1.165) is 0 Å². The summed E-state index contributed by atoms with van der Waals surface area (Å²) in [6.07, 6.45) is 0. The first-order chi connectivity index (χ1) is 3.42. The van der Waals surface area contributed by atoms with Crippen LogP contribution >= 0.6 is 18.8 Å². The molecule has 0 rings (SSSR count). The first-order valence-electron chi connectivity index (χ1n) is 2.40. The van der Waals surface area contributed by atoms with E-state index in [9.17, 15) is 0 Å². The van der Waals surface area contributed by atoms with Gasteiger partial charge in [0.1, 0.15) is 0 Å². The highest BCUT2D eigenvalue weighted by Crippen LogP contribution is 2.16. The minimum atomic E-state index is -0.0937. The van der Waals surface area contributed by atoms with Crippen LogP contribution in [0.2, 0.25) is 0 Å². The minimum absolute atomic E-state index is 0.0937. The van der Waals surface area contributed by atoms with E-state index in [0.29, 0.717) is 0 Å². The SMILES string of the molecule is CC(C)(C)ON(P)P. The molecule has 0 aliphatic carbocycles. The van der Waals surface area contributed by atoms with Crippen molar-refractivity contribution in [2.45, 2.75) is 26.4 Å². The van der Waals surface area contributed by atoms with Crippen LogP contribution in [0.5, 0.6) is 0 Å². The molecule has 0 heterocycles. The molecule has 8 heavy (non-hydrogen) atoms. The van der Waals surface area contributed by atoms with Gasteiger partial charge in [0, 0.05) is 0 Å². The predicted molar refractivity (Wildman–Crippen MR) is 42.1 cm³/mol. The molecule has 0 aromatic carbocycles. The average molecular weight is 153 g/mol. The summed E-state index contributed by atoms with van der Waals surface area (Å²) >= 11 is 0. The van der Waals surface area contributed by atoms with Gasteiger partial charge in [0.25, 0.3) is 0 Å². The third-order valence-electron chi connectivity index (χ3n) is 0.379. The maximum Gasteiger partial charge on any atom is 0.0823 e. The largest absolute Gasteiger partial charge is 0.287 e. The molecule has 0 bridgehead atoms. The zero-order chi connectivity index (χ0) is 6.78. The van der Waals surface area contributed by atoms with E-state index in [2.05, 4.69) is 18.8 Å². The first kappa shape index (κ1) is 8.78. The lowest BCUT2D eigenvalue weighted by Gasteiger charge is -2.22. The van der Waals surface area contributed by atoms with Crippen molar-refractivity contribution in [3.8, 4) is 0 Å². The van der Waals surface area contributed by atoms with Crippen molar-refractivity contribution in [2.75, 3.05) is 0 Å².